The van der Waals surface area contributed by atoms with E-state index in [1.165, 1.54) is 21.5 Å². The molecule has 126 valence electrons. The molecule has 6 heteroatoms. The lowest BCUT2D eigenvalue weighted by Crippen LogP contribution is -2.34. The minimum Gasteiger partial charge on any atom is -0.453 e. The van der Waals surface area contributed by atoms with Crippen molar-refractivity contribution in [3.05, 3.63) is 48.5 Å². The number of rotatable bonds is 7. The van der Waals surface area contributed by atoms with Crippen LogP contribution in [0.4, 0.5) is 0 Å². The fraction of sp³-hybridized carbons (Fsp3) is 0.333. The van der Waals surface area contributed by atoms with Gasteiger partial charge in [-0.15, -0.1) is 0 Å². The summed E-state index contributed by atoms with van der Waals surface area (Å²) in [6.07, 6.45) is 0. The Balaban J connectivity index is 2.09. The van der Waals surface area contributed by atoms with Crippen LogP contribution in [-0.2, 0) is 8.23 Å². The third-order valence-electron chi connectivity index (χ3n) is 3.63. The van der Waals surface area contributed by atoms with E-state index in [-0.39, 0.29) is 0 Å². The van der Waals surface area contributed by atoms with Gasteiger partial charge in [-0.05, 0) is 60.8 Å². The molecule has 0 aliphatic rings. The van der Waals surface area contributed by atoms with Gasteiger partial charge in [0.15, 0.2) is 18.1 Å². The van der Waals surface area contributed by atoms with E-state index in [0.29, 0.717) is 0 Å². The maximum absolute atomic E-state index is 6.05. The highest BCUT2D eigenvalue weighted by Gasteiger charge is 2.14. The van der Waals surface area contributed by atoms with E-state index in [2.05, 4.69) is 87.8 Å². The van der Waals surface area contributed by atoms with E-state index in [1.54, 1.807) is 0 Å². The zero-order valence-electron chi connectivity index (χ0n) is 15.4. The maximum atomic E-state index is 6.05. The van der Waals surface area contributed by atoms with Crippen LogP contribution in [0.5, 0.6) is 0 Å². The van der Waals surface area contributed by atoms with Crippen LogP contribution in [0.25, 0.3) is 11.1 Å². The van der Waals surface area contributed by atoms with Crippen molar-refractivity contribution in [1.82, 2.24) is 0 Å². The van der Waals surface area contributed by atoms with Gasteiger partial charge in [0.25, 0.3) is 0 Å². The topological polar surface area (TPSA) is 18.5 Å². The molecular formula is C18H26O2Si4. The molecule has 2 nitrogen and oxygen atoms in total. The van der Waals surface area contributed by atoms with Gasteiger partial charge in [-0.3, -0.25) is 0 Å². The molecule has 2 rings (SSSR count). The van der Waals surface area contributed by atoms with Crippen LogP contribution in [0, 0.1) is 0 Å². The summed E-state index contributed by atoms with van der Waals surface area (Å²) in [6.45, 7) is 13.3. The third-order valence-corrected chi connectivity index (χ3v) is 11.6. The van der Waals surface area contributed by atoms with E-state index in [9.17, 15) is 0 Å². The molecule has 4 radical (unpaired) electrons. The Bertz CT molecular complexity index is 569. The molecular weight excluding hydrogens is 361 g/mol. The lowest BCUT2D eigenvalue weighted by molar-refractivity contribution is 0.614. The van der Waals surface area contributed by atoms with Crippen LogP contribution in [0.3, 0.4) is 0 Å². The fourth-order valence-corrected chi connectivity index (χ4v) is 9.64. The third kappa shape index (κ3) is 5.64. The van der Waals surface area contributed by atoms with Crippen molar-refractivity contribution in [1.29, 1.82) is 0 Å². The zero-order chi connectivity index (χ0) is 17.7. The predicted octanol–water partition coefficient (Wildman–Crippen LogP) is 3.55. The summed E-state index contributed by atoms with van der Waals surface area (Å²) in [7, 11) is -2.97. The van der Waals surface area contributed by atoms with Crippen LogP contribution in [0.15, 0.2) is 48.5 Å². The second-order valence-corrected chi connectivity index (χ2v) is 14.9. The average molecular weight is 387 g/mol. The first-order valence-electron chi connectivity index (χ1n) is 8.21. The highest BCUT2D eigenvalue weighted by Crippen LogP contribution is 2.17. The van der Waals surface area contributed by atoms with Crippen molar-refractivity contribution in [2.75, 3.05) is 0 Å². The molecule has 0 aliphatic heterocycles. The lowest BCUT2D eigenvalue weighted by atomic mass is 10.1. The molecule has 0 bridgehead atoms. The predicted molar refractivity (Wildman–Crippen MR) is 112 cm³/mol. The minimum atomic E-state index is -0.858. The van der Waals surface area contributed by atoms with Gasteiger partial charge in [0.2, 0.25) is 18.1 Å². The van der Waals surface area contributed by atoms with Gasteiger partial charge in [0.05, 0.1) is 0 Å². The quantitative estimate of drug-likeness (QED) is 0.678. The van der Waals surface area contributed by atoms with Gasteiger partial charge in [-0.1, -0.05) is 48.5 Å². The molecule has 0 unspecified atom stereocenters. The summed E-state index contributed by atoms with van der Waals surface area (Å²) in [5.74, 6) is 0. The van der Waals surface area contributed by atoms with Gasteiger partial charge in [-0.25, -0.2) is 0 Å². The molecule has 0 aliphatic carbocycles. The van der Waals surface area contributed by atoms with Gasteiger partial charge >= 0.3 is 0 Å². The number of benzene rings is 2. The summed E-state index contributed by atoms with van der Waals surface area (Å²) >= 11 is 0. The van der Waals surface area contributed by atoms with Crippen molar-refractivity contribution in [3.8, 4) is 11.1 Å². The van der Waals surface area contributed by atoms with Crippen LogP contribution in [-0.4, -0.2) is 36.2 Å². The lowest BCUT2D eigenvalue weighted by Gasteiger charge is -2.15. The molecule has 0 saturated carbocycles. The smallest absolute Gasteiger partial charge is 0.231 e. The van der Waals surface area contributed by atoms with E-state index in [0.717, 1.165) is 0 Å². The van der Waals surface area contributed by atoms with Crippen LogP contribution < -0.4 is 10.4 Å². The largest absolute Gasteiger partial charge is 0.453 e. The van der Waals surface area contributed by atoms with E-state index >= 15 is 0 Å². The summed E-state index contributed by atoms with van der Waals surface area (Å²) < 4.78 is 12.1. The first-order valence-corrected chi connectivity index (χ1v) is 16.8. The van der Waals surface area contributed by atoms with Gasteiger partial charge < -0.3 is 8.23 Å². The first-order chi connectivity index (χ1) is 11.4. The summed E-state index contributed by atoms with van der Waals surface area (Å²) in [4.78, 5) is 0. The van der Waals surface area contributed by atoms with Gasteiger partial charge in [-0.2, -0.15) is 0 Å². The average Bonchev–Trinajstić information content (AvgIpc) is 2.54. The SMILES string of the molecule is C[Si](C)O[Si](C)c1ccc(-c2ccc([Si](C)O[Si](C)C)cc2)cc1. The van der Waals surface area contributed by atoms with Crippen LogP contribution in [0.2, 0.25) is 39.3 Å². The summed E-state index contributed by atoms with van der Waals surface area (Å²) in [5, 5.41) is 2.69. The molecule has 0 saturated heterocycles. The Hall–Kier alpha value is -0.772. The van der Waals surface area contributed by atoms with E-state index < -0.39 is 36.2 Å². The monoisotopic (exact) mass is 386 g/mol. The molecule has 0 N–H and O–H groups in total. The van der Waals surface area contributed by atoms with Crippen LogP contribution in [0.1, 0.15) is 0 Å². The molecule has 0 heterocycles. The Labute approximate surface area is 153 Å². The van der Waals surface area contributed by atoms with Gasteiger partial charge in [0.1, 0.15) is 0 Å². The van der Waals surface area contributed by atoms with Crippen LogP contribution >= 0.6 is 0 Å². The molecule has 0 fully saturated rings. The Morgan fingerprint density at radius 2 is 0.792 bits per heavy atom. The molecule has 24 heavy (non-hydrogen) atoms. The Kier molecular flexibility index (Phi) is 7.39. The Morgan fingerprint density at radius 3 is 1.04 bits per heavy atom. The van der Waals surface area contributed by atoms with Crippen molar-refractivity contribution >= 4 is 46.5 Å². The zero-order valence-corrected chi connectivity index (χ0v) is 19.4. The molecule has 2 aromatic carbocycles. The van der Waals surface area contributed by atoms with E-state index in [1.807, 2.05) is 0 Å². The number of hydrogen-bond acceptors (Lipinski definition) is 2. The molecule has 0 aromatic heterocycles. The van der Waals surface area contributed by atoms with E-state index in [4.69, 9.17) is 8.23 Å². The van der Waals surface area contributed by atoms with Crippen molar-refractivity contribution in [3.63, 3.8) is 0 Å². The van der Waals surface area contributed by atoms with Gasteiger partial charge in [0, 0.05) is 0 Å². The van der Waals surface area contributed by atoms with Crippen molar-refractivity contribution < 1.29 is 8.23 Å². The number of hydrogen-bond donors (Lipinski definition) is 0. The standard InChI is InChI=1S/C18H26O2Si4/c1-21(2)19-23(5)17-11-7-15(8-12-17)16-9-13-18(14-10-16)24(6)20-22(3)4/h7-14H,1-6H3. The summed E-state index contributed by atoms with van der Waals surface area (Å²) in [5.41, 5.74) is 2.53. The molecule has 0 atom stereocenters. The van der Waals surface area contributed by atoms with Crippen molar-refractivity contribution in [2.24, 2.45) is 0 Å². The highest BCUT2D eigenvalue weighted by atomic mass is 28.4. The normalized spacial score (nSPS) is 11.9. The Morgan fingerprint density at radius 1 is 0.500 bits per heavy atom. The van der Waals surface area contributed by atoms with Crippen molar-refractivity contribution in [2.45, 2.75) is 39.3 Å². The second-order valence-electron chi connectivity index (χ2n) is 6.29. The fourth-order valence-electron chi connectivity index (χ4n) is 2.52. The molecule has 0 amide bonds. The molecule has 2 aromatic rings. The summed E-state index contributed by atoms with van der Waals surface area (Å²) in [6, 6.07) is 17.8. The first kappa shape index (κ1) is 19.6. The maximum Gasteiger partial charge on any atom is 0.231 e. The highest BCUT2D eigenvalue weighted by molar-refractivity contribution is 6.74. The minimum absolute atomic E-state index is 0.626. The molecule has 0 spiro atoms. The second kappa shape index (κ2) is 9.07.